The van der Waals surface area contributed by atoms with Crippen molar-refractivity contribution in [2.45, 2.75) is 33.6 Å². The van der Waals surface area contributed by atoms with Gasteiger partial charge in [0.1, 0.15) is 17.5 Å². The Kier molecular flexibility index (Phi) is 7.51. The number of fused-ring (bicyclic) bond motifs is 3. The lowest BCUT2D eigenvalue weighted by atomic mass is 10.0. The maximum absolute atomic E-state index is 5.37. The lowest BCUT2D eigenvalue weighted by Gasteiger charge is -2.16. The van der Waals surface area contributed by atoms with Crippen molar-refractivity contribution in [3.8, 4) is 45.5 Å². The third-order valence-corrected chi connectivity index (χ3v) is 10.4. The molecule has 10 rings (SSSR count). The molecule has 1 aliphatic carbocycles. The summed E-state index contributed by atoms with van der Waals surface area (Å²) in [6.45, 7) is 6.42. The number of para-hydroxylation sites is 2. The highest BCUT2D eigenvalue weighted by Gasteiger charge is 2.23. The van der Waals surface area contributed by atoms with Gasteiger partial charge in [-0.15, -0.1) is 0 Å². The SMILES string of the molecule is Cc1ccc2nc(-c3cc(-c4nc5ccc(C)cc5n4-c4ccccc4)cc(-c4nc5ccc(C)cc5n4-c4ccccc4)c3)n(C3=CCCC=C3)c2c1. The lowest BCUT2D eigenvalue weighted by Crippen LogP contribution is -2.03. The smallest absolute Gasteiger partial charge is 0.145 e. The lowest BCUT2D eigenvalue weighted by molar-refractivity contribution is 1.01. The second-order valence-electron chi connectivity index (χ2n) is 14.4. The summed E-state index contributed by atoms with van der Waals surface area (Å²) in [6.07, 6.45) is 8.84. The highest BCUT2D eigenvalue weighted by Crippen LogP contribution is 2.39. The fraction of sp³-hybridized carbons (Fsp3) is 0.104. The van der Waals surface area contributed by atoms with Crippen molar-refractivity contribution in [2.24, 2.45) is 0 Å². The highest BCUT2D eigenvalue weighted by atomic mass is 15.1. The fourth-order valence-corrected chi connectivity index (χ4v) is 7.86. The van der Waals surface area contributed by atoms with Crippen LogP contribution in [-0.4, -0.2) is 28.7 Å². The maximum atomic E-state index is 5.37. The van der Waals surface area contributed by atoms with Gasteiger partial charge in [0.05, 0.1) is 33.1 Å². The summed E-state index contributed by atoms with van der Waals surface area (Å²) >= 11 is 0. The molecular weight excluding hydrogens is 661 g/mol. The summed E-state index contributed by atoms with van der Waals surface area (Å²) < 4.78 is 6.90. The topological polar surface area (TPSA) is 53.5 Å². The molecule has 6 nitrogen and oxygen atoms in total. The Hall–Kier alpha value is -6.79. The molecule has 0 radical (unpaired) electrons. The van der Waals surface area contributed by atoms with Gasteiger partial charge in [-0.3, -0.25) is 13.7 Å². The van der Waals surface area contributed by atoms with Crippen molar-refractivity contribution in [3.05, 3.63) is 168 Å². The normalized spacial score (nSPS) is 13.0. The molecule has 0 bridgehead atoms. The third-order valence-electron chi connectivity index (χ3n) is 10.4. The Balaban J connectivity index is 1.32. The minimum Gasteiger partial charge on any atom is -0.293 e. The van der Waals surface area contributed by atoms with Gasteiger partial charge >= 0.3 is 0 Å². The van der Waals surface area contributed by atoms with Crippen molar-refractivity contribution in [3.63, 3.8) is 0 Å². The Bertz CT molecular complexity index is 2810. The van der Waals surface area contributed by atoms with Gasteiger partial charge in [0.15, 0.2) is 0 Å². The van der Waals surface area contributed by atoms with Crippen LogP contribution >= 0.6 is 0 Å². The van der Waals surface area contributed by atoms with Gasteiger partial charge < -0.3 is 0 Å². The van der Waals surface area contributed by atoms with E-state index in [0.717, 1.165) is 97.2 Å². The first-order chi connectivity index (χ1) is 26.5. The number of aryl methyl sites for hydroxylation is 3. The molecule has 1 aliphatic rings. The van der Waals surface area contributed by atoms with E-state index in [-0.39, 0.29) is 0 Å². The predicted octanol–water partition coefficient (Wildman–Crippen LogP) is 11.8. The largest absolute Gasteiger partial charge is 0.293 e. The molecule has 0 fully saturated rings. The van der Waals surface area contributed by atoms with Crippen molar-refractivity contribution < 1.29 is 0 Å². The van der Waals surface area contributed by atoms with E-state index < -0.39 is 0 Å². The second-order valence-corrected chi connectivity index (χ2v) is 14.4. The van der Waals surface area contributed by atoms with Crippen LogP contribution in [0.2, 0.25) is 0 Å². The standard InChI is InChI=1S/C48H38N6/c1-31-19-22-40-43(25-31)52(37-13-7-4-8-14-37)46(49-40)34-28-35(47-50-41-23-20-32(2)26-44(41)53(47)38-15-9-5-10-16-38)30-36(29-34)48-51-42-24-21-33(3)27-45(42)54(48)39-17-11-6-12-18-39/h4-5,7-11,13-30H,6,12H2,1-3H3. The molecule has 0 saturated carbocycles. The summed E-state index contributed by atoms with van der Waals surface area (Å²) in [5.41, 5.74) is 15.8. The zero-order chi connectivity index (χ0) is 36.3. The Morgan fingerprint density at radius 1 is 0.426 bits per heavy atom. The van der Waals surface area contributed by atoms with E-state index in [1.165, 1.54) is 16.7 Å². The van der Waals surface area contributed by atoms with Crippen LogP contribution < -0.4 is 0 Å². The zero-order valence-electron chi connectivity index (χ0n) is 30.5. The van der Waals surface area contributed by atoms with Crippen LogP contribution in [0.1, 0.15) is 29.5 Å². The molecule has 3 heterocycles. The quantitative estimate of drug-likeness (QED) is 0.174. The summed E-state index contributed by atoms with van der Waals surface area (Å²) in [6, 6.07) is 47.3. The first kappa shape index (κ1) is 31.9. The minimum atomic E-state index is 0.860. The average Bonchev–Trinajstić information content (AvgIpc) is 3.90. The molecule has 6 aromatic carbocycles. The zero-order valence-corrected chi connectivity index (χ0v) is 30.5. The van der Waals surface area contributed by atoms with Gasteiger partial charge in [-0.1, -0.05) is 66.7 Å². The van der Waals surface area contributed by atoms with Gasteiger partial charge in [0.25, 0.3) is 0 Å². The molecule has 0 aliphatic heterocycles. The Morgan fingerprint density at radius 3 is 1.24 bits per heavy atom. The van der Waals surface area contributed by atoms with Crippen molar-refractivity contribution >= 4 is 38.8 Å². The monoisotopic (exact) mass is 698 g/mol. The molecule has 0 spiro atoms. The Labute approximate surface area is 314 Å². The first-order valence-corrected chi connectivity index (χ1v) is 18.6. The Morgan fingerprint density at radius 2 is 0.833 bits per heavy atom. The number of nitrogens with zero attached hydrogens (tertiary/aromatic N) is 6. The van der Waals surface area contributed by atoms with Crippen LogP contribution in [0.5, 0.6) is 0 Å². The average molecular weight is 699 g/mol. The van der Waals surface area contributed by atoms with Crippen LogP contribution in [0, 0.1) is 20.8 Å². The highest BCUT2D eigenvalue weighted by molar-refractivity contribution is 5.92. The predicted molar refractivity (Wildman–Crippen MR) is 222 cm³/mol. The van der Waals surface area contributed by atoms with Gasteiger partial charge in [0, 0.05) is 33.8 Å². The van der Waals surface area contributed by atoms with Crippen molar-refractivity contribution in [1.82, 2.24) is 28.7 Å². The number of rotatable bonds is 6. The number of hydrogen-bond donors (Lipinski definition) is 0. The van der Waals surface area contributed by atoms with Crippen LogP contribution in [0.25, 0.3) is 84.3 Å². The van der Waals surface area contributed by atoms with E-state index in [1.54, 1.807) is 0 Å². The van der Waals surface area contributed by atoms with E-state index in [4.69, 9.17) is 15.0 Å². The van der Waals surface area contributed by atoms with Crippen LogP contribution in [0.3, 0.4) is 0 Å². The minimum absolute atomic E-state index is 0.860. The number of hydrogen-bond acceptors (Lipinski definition) is 3. The summed E-state index contributed by atoms with van der Waals surface area (Å²) in [4.78, 5) is 16.1. The molecule has 260 valence electrons. The van der Waals surface area contributed by atoms with Gasteiger partial charge in [-0.2, -0.15) is 0 Å². The first-order valence-electron chi connectivity index (χ1n) is 18.6. The number of imidazole rings is 3. The van der Waals surface area contributed by atoms with E-state index in [2.05, 4.69) is 186 Å². The van der Waals surface area contributed by atoms with E-state index in [9.17, 15) is 0 Å². The van der Waals surface area contributed by atoms with Crippen molar-refractivity contribution in [1.29, 1.82) is 0 Å². The molecule has 54 heavy (non-hydrogen) atoms. The maximum Gasteiger partial charge on any atom is 0.145 e. The molecule has 3 aromatic heterocycles. The van der Waals surface area contributed by atoms with Crippen molar-refractivity contribution in [2.75, 3.05) is 0 Å². The summed E-state index contributed by atoms with van der Waals surface area (Å²) in [7, 11) is 0. The molecule has 0 atom stereocenters. The molecule has 0 amide bonds. The molecule has 9 aromatic rings. The van der Waals surface area contributed by atoms with E-state index >= 15 is 0 Å². The van der Waals surface area contributed by atoms with Crippen LogP contribution in [0.4, 0.5) is 0 Å². The number of aromatic nitrogens is 6. The molecule has 0 unspecified atom stereocenters. The summed E-state index contributed by atoms with van der Waals surface area (Å²) in [5, 5.41) is 0. The molecule has 0 saturated heterocycles. The van der Waals surface area contributed by atoms with E-state index in [1.807, 2.05) is 0 Å². The number of allylic oxidation sites excluding steroid dienone is 4. The fourth-order valence-electron chi connectivity index (χ4n) is 7.86. The third kappa shape index (κ3) is 5.38. The second kappa shape index (κ2) is 12.7. The van der Waals surface area contributed by atoms with Gasteiger partial charge in [-0.25, -0.2) is 15.0 Å². The van der Waals surface area contributed by atoms with Gasteiger partial charge in [0.2, 0.25) is 0 Å². The van der Waals surface area contributed by atoms with Crippen LogP contribution in [-0.2, 0) is 0 Å². The molecule has 0 N–H and O–H groups in total. The van der Waals surface area contributed by atoms with E-state index in [0.29, 0.717) is 0 Å². The molecule has 6 heteroatoms. The van der Waals surface area contributed by atoms with Crippen LogP contribution in [0.15, 0.2) is 152 Å². The van der Waals surface area contributed by atoms with Gasteiger partial charge in [-0.05, 0) is 135 Å². The molecular formula is C48H38N6. The summed E-state index contributed by atoms with van der Waals surface area (Å²) in [5.74, 6) is 2.60. The number of benzene rings is 6.